The minimum absolute atomic E-state index is 0.0965. The minimum atomic E-state index is -0.147. The van der Waals surface area contributed by atoms with Crippen LogP contribution in [0.1, 0.15) is 29.2 Å². The molecular formula is C22H17ClN6O. The molecule has 148 valence electrons. The molecule has 1 aliphatic heterocycles. The number of nitrogens with one attached hydrogen (secondary N) is 1. The van der Waals surface area contributed by atoms with Crippen LogP contribution in [0.15, 0.2) is 60.8 Å². The first-order valence-corrected chi connectivity index (χ1v) is 9.88. The first kappa shape index (κ1) is 18.4. The molecule has 8 heteroatoms. The van der Waals surface area contributed by atoms with E-state index in [1.165, 1.54) is 0 Å². The Bertz CT molecular complexity index is 1250. The Morgan fingerprint density at radius 3 is 2.77 bits per heavy atom. The number of carbonyl (C=O) groups is 1. The third kappa shape index (κ3) is 3.23. The minimum Gasteiger partial charge on any atom is -0.310 e. The first-order valence-electron chi connectivity index (χ1n) is 9.50. The zero-order chi connectivity index (χ0) is 20.7. The fraction of sp³-hybridized carbons (Fsp3) is 0.136. The maximum atomic E-state index is 12.5. The fourth-order valence-electron chi connectivity index (χ4n) is 3.83. The summed E-state index contributed by atoms with van der Waals surface area (Å²) < 4.78 is 1.55. The topological polar surface area (TPSA) is 85.6 Å². The van der Waals surface area contributed by atoms with Gasteiger partial charge in [-0.1, -0.05) is 54.1 Å². The van der Waals surface area contributed by atoms with Crippen LogP contribution in [0.5, 0.6) is 0 Å². The number of aromatic nitrogens is 5. The summed E-state index contributed by atoms with van der Waals surface area (Å²) in [6.45, 7) is 1.92. The largest absolute Gasteiger partial charge is 0.310 e. The molecule has 2 aromatic carbocycles. The third-order valence-corrected chi connectivity index (χ3v) is 5.40. The predicted molar refractivity (Wildman–Crippen MR) is 114 cm³/mol. The van der Waals surface area contributed by atoms with Crippen molar-refractivity contribution in [2.24, 2.45) is 0 Å². The summed E-state index contributed by atoms with van der Waals surface area (Å²) in [7, 11) is 0. The molecule has 0 saturated heterocycles. The summed E-state index contributed by atoms with van der Waals surface area (Å²) in [4.78, 5) is 17.2. The first-order chi connectivity index (χ1) is 14.6. The van der Waals surface area contributed by atoms with Gasteiger partial charge in [-0.2, -0.15) is 14.9 Å². The highest BCUT2D eigenvalue weighted by Gasteiger charge is 2.33. The van der Waals surface area contributed by atoms with Crippen LogP contribution in [0.25, 0.3) is 17.2 Å². The second-order valence-electron chi connectivity index (χ2n) is 7.13. The number of halogens is 1. The van der Waals surface area contributed by atoms with Crippen molar-refractivity contribution in [2.75, 3.05) is 5.32 Å². The van der Waals surface area contributed by atoms with Crippen molar-refractivity contribution in [3.05, 3.63) is 82.6 Å². The van der Waals surface area contributed by atoms with E-state index in [9.17, 15) is 4.79 Å². The standard InChI is InChI=1S/C22H17ClN6O/c1-13-20-17(15-8-5-9-16(23)10-15)11-19(30)26-21(20)29(28-13)22-25-18(12-24-27-22)14-6-3-2-4-7-14/h2-10,12,17H,11H2,1H3,(H,26,30)/t17-/m1/s1. The van der Waals surface area contributed by atoms with E-state index >= 15 is 0 Å². The van der Waals surface area contributed by atoms with Gasteiger partial charge in [-0.3, -0.25) is 4.79 Å². The van der Waals surface area contributed by atoms with Crippen LogP contribution in [-0.4, -0.2) is 30.9 Å². The van der Waals surface area contributed by atoms with E-state index < -0.39 is 0 Å². The number of amides is 1. The van der Waals surface area contributed by atoms with Gasteiger partial charge in [0, 0.05) is 28.5 Å². The number of fused-ring (bicyclic) bond motifs is 1. The van der Waals surface area contributed by atoms with E-state index in [4.69, 9.17) is 11.6 Å². The highest BCUT2D eigenvalue weighted by atomic mass is 35.5. The summed E-state index contributed by atoms with van der Waals surface area (Å²) in [6, 6.07) is 17.3. The van der Waals surface area contributed by atoms with Crippen molar-refractivity contribution in [1.82, 2.24) is 25.0 Å². The molecule has 5 rings (SSSR count). The lowest BCUT2D eigenvalue weighted by Gasteiger charge is -2.24. The Labute approximate surface area is 177 Å². The normalized spacial score (nSPS) is 15.5. The summed E-state index contributed by atoms with van der Waals surface area (Å²) in [5.74, 6) is 0.626. The summed E-state index contributed by atoms with van der Waals surface area (Å²) in [6.07, 6.45) is 1.93. The van der Waals surface area contributed by atoms with Crippen LogP contribution in [0.3, 0.4) is 0 Å². The lowest BCUT2D eigenvalue weighted by atomic mass is 9.86. The summed E-state index contributed by atoms with van der Waals surface area (Å²) in [5, 5.41) is 16.5. The van der Waals surface area contributed by atoms with Gasteiger partial charge in [0.15, 0.2) is 0 Å². The lowest BCUT2D eigenvalue weighted by molar-refractivity contribution is -0.116. The number of hydrogen-bond acceptors (Lipinski definition) is 5. The van der Waals surface area contributed by atoms with Crippen LogP contribution in [0.4, 0.5) is 5.82 Å². The Balaban J connectivity index is 1.63. The zero-order valence-electron chi connectivity index (χ0n) is 16.1. The molecule has 30 heavy (non-hydrogen) atoms. The molecule has 4 aromatic rings. The molecule has 0 bridgehead atoms. The molecule has 0 aliphatic carbocycles. The number of anilines is 1. The van der Waals surface area contributed by atoms with Crippen molar-refractivity contribution >= 4 is 23.3 Å². The van der Waals surface area contributed by atoms with Gasteiger partial charge < -0.3 is 5.32 Å². The van der Waals surface area contributed by atoms with Crippen molar-refractivity contribution < 1.29 is 4.79 Å². The molecule has 1 N–H and O–H groups in total. The van der Waals surface area contributed by atoms with Crippen LogP contribution in [0, 0.1) is 6.92 Å². The molecule has 0 saturated carbocycles. The van der Waals surface area contributed by atoms with E-state index in [-0.39, 0.29) is 11.8 Å². The summed E-state index contributed by atoms with van der Waals surface area (Å²) in [5.41, 5.74) is 4.30. The molecule has 1 amide bonds. The number of hydrogen-bond donors (Lipinski definition) is 1. The van der Waals surface area contributed by atoms with Gasteiger partial charge in [-0.05, 0) is 24.6 Å². The van der Waals surface area contributed by atoms with Crippen molar-refractivity contribution in [2.45, 2.75) is 19.3 Å². The number of benzene rings is 2. The molecule has 0 fully saturated rings. The Kier molecular flexibility index (Phi) is 4.52. The highest BCUT2D eigenvalue weighted by Crippen LogP contribution is 2.40. The van der Waals surface area contributed by atoms with E-state index in [2.05, 4.69) is 25.6 Å². The second-order valence-corrected chi connectivity index (χ2v) is 7.56. The van der Waals surface area contributed by atoms with E-state index in [0.29, 0.717) is 28.9 Å². The smallest absolute Gasteiger partial charge is 0.272 e. The number of rotatable bonds is 3. The van der Waals surface area contributed by atoms with Crippen molar-refractivity contribution in [3.63, 3.8) is 0 Å². The number of carbonyl (C=O) groups excluding carboxylic acids is 1. The van der Waals surface area contributed by atoms with E-state index in [1.807, 2.05) is 61.5 Å². The average Bonchev–Trinajstić information content (AvgIpc) is 3.10. The summed E-state index contributed by atoms with van der Waals surface area (Å²) >= 11 is 6.19. The highest BCUT2D eigenvalue weighted by molar-refractivity contribution is 6.30. The Morgan fingerprint density at radius 1 is 1.13 bits per heavy atom. The maximum Gasteiger partial charge on any atom is 0.272 e. The van der Waals surface area contributed by atoms with E-state index in [0.717, 1.165) is 22.4 Å². The van der Waals surface area contributed by atoms with Crippen molar-refractivity contribution in [3.8, 4) is 17.2 Å². The fourth-order valence-corrected chi connectivity index (χ4v) is 4.03. The molecule has 0 unspecified atom stereocenters. The quantitative estimate of drug-likeness (QED) is 0.542. The second kappa shape index (κ2) is 7.35. The van der Waals surface area contributed by atoms with Crippen LogP contribution < -0.4 is 5.32 Å². The molecule has 2 aromatic heterocycles. The monoisotopic (exact) mass is 416 g/mol. The number of nitrogens with zero attached hydrogens (tertiary/aromatic N) is 5. The van der Waals surface area contributed by atoms with E-state index in [1.54, 1.807) is 10.9 Å². The zero-order valence-corrected chi connectivity index (χ0v) is 16.8. The number of aryl methyl sites for hydroxylation is 1. The molecular weight excluding hydrogens is 400 g/mol. The molecule has 1 atom stereocenters. The van der Waals surface area contributed by atoms with Crippen molar-refractivity contribution in [1.29, 1.82) is 0 Å². The third-order valence-electron chi connectivity index (χ3n) is 5.16. The van der Waals surface area contributed by atoms with Gasteiger partial charge in [0.05, 0.1) is 17.6 Å². The van der Waals surface area contributed by atoms with Crippen LogP contribution in [0.2, 0.25) is 5.02 Å². The average molecular weight is 417 g/mol. The Hall–Kier alpha value is -3.58. The molecule has 1 aliphatic rings. The Morgan fingerprint density at radius 2 is 1.97 bits per heavy atom. The van der Waals surface area contributed by atoms with Gasteiger partial charge >= 0.3 is 0 Å². The van der Waals surface area contributed by atoms with Crippen LogP contribution in [-0.2, 0) is 4.79 Å². The van der Waals surface area contributed by atoms with Gasteiger partial charge in [-0.15, -0.1) is 5.10 Å². The SMILES string of the molecule is Cc1nn(-c2nncc(-c3ccccc3)n2)c2c1[C@@H](c1cccc(Cl)c1)CC(=O)N2. The predicted octanol–water partition coefficient (Wildman–Crippen LogP) is 4.16. The lowest BCUT2D eigenvalue weighted by Crippen LogP contribution is -2.25. The van der Waals surface area contributed by atoms with Gasteiger partial charge in [0.25, 0.3) is 5.95 Å². The molecule has 7 nitrogen and oxygen atoms in total. The molecule has 0 spiro atoms. The maximum absolute atomic E-state index is 12.5. The van der Waals surface area contributed by atoms with Gasteiger partial charge in [0.2, 0.25) is 5.91 Å². The molecule has 0 radical (unpaired) electrons. The van der Waals surface area contributed by atoms with Gasteiger partial charge in [0.1, 0.15) is 5.82 Å². The van der Waals surface area contributed by atoms with Gasteiger partial charge in [-0.25, -0.2) is 4.98 Å². The van der Waals surface area contributed by atoms with Crippen LogP contribution >= 0.6 is 11.6 Å². The molecule has 3 heterocycles.